The highest BCUT2D eigenvalue weighted by molar-refractivity contribution is 9.10. The van der Waals surface area contributed by atoms with E-state index in [9.17, 15) is 9.18 Å². The first-order valence-electron chi connectivity index (χ1n) is 7.41. The minimum atomic E-state index is -0.274. The molecule has 0 saturated heterocycles. The fourth-order valence-electron chi connectivity index (χ4n) is 1.87. The zero-order valence-electron chi connectivity index (χ0n) is 14.0. The third-order valence-electron chi connectivity index (χ3n) is 2.84. The molecule has 0 aliphatic heterocycles. The van der Waals surface area contributed by atoms with E-state index in [1.807, 2.05) is 20.8 Å². The fourth-order valence-corrected chi connectivity index (χ4v) is 2.29. The maximum Gasteiger partial charge on any atom is 0.239 e. The minimum absolute atomic E-state index is 0.0945. The van der Waals surface area contributed by atoms with E-state index in [4.69, 9.17) is 0 Å². The molecule has 0 atom stereocenters. The van der Waals surface area contributed by atoms with Crippen LogP contribution >= 0.6 is 15.9 Å². The van der Waals surface area contributed by atoms with Crippen LogP contribution in [-0.2, 0) is 11.2 Å². The van der Waals surface area contributed by atoms with Gasteiger partial charge in [0, 0.05) is 19.1 Å². The first-order chi connectivity index (χ1) is 10.7. The average molecular weight is 387 g/mol. The lowest BCUT2D eigenvalue weighted by Gasteiger charge is -2.21. The van der Waals surface area contributed by atoms with Crippen LogP contribution in [0.15, 0.2) is 27.7 Å². The summed E-state index contributed by atoms with van der Waals surface area (Å²) in [7, 11) is 1.64. The second-order valence-corrected chi connectivity index (χ2v) is 7.00. The van der Waals surface area contributed by atoms with Crippen molar-refractivity contribution in [2.75, 3.05) is 20.1 Å². The number of carbonyl (C=O) groups excluding carboxylic acids is 1. The van der Waals surface area contributed by atoms with Gasteiger partial charge in [-0.3, -0.25) is 9.79 Å². The molecule has 1 amide bonds. The number of carbonyl (C=O) groups is 1. The topological polar surface area (TPSA) is 65.5 Å². The highest BCUT2D eigenvalue weighted by Crippen LogP contribution is 2.16. The minimum Gasteiger partial charge on any atom is -0.356 e. The monoisotopic (exact) mass is 386 g/mol. The van der Waals surface area contributed by atoms with Gasteiger partial charge in [-0.25, -0.2) is 4.39 Å². The molecule has 0 heterocycles. The molecule has 1 aromatic rings. The highest BCUT2D eigenvalue weighted by atomic mass is 79.9. The maximum atomic E-state index is 13.2. The number of aliphatic imine (C=N–C) groups is 1. The van der Waals surface area contributed by atoms with Crippen LogP contribution in [0, 0.1) is 5.82 Å². The van der Waals surface area contributed by atoms with Gasteiger partial charge in [0.1, 0.15) is 5.82 Å². The molecular weight excluding hydrogens is 363 g/mol. The molecule has 1 aromatic carbocycles. The summed E-state index contributed by atoms with van der Waals surface area (Å²) in [6.07, 6.45) is 0.716. The molecule has 0 saturated carbocycles. The predicted octanol–water partition coefficient (Wildman–Crippen LogP) is 2.21. The molecule has 0 aromatic heterocycles. The Morgan fingerprint density at radius 3 is 2.57 bits per heavy atom. The summed E-state index contributed by atoms with van der Waals surface area (Å²) in [6, 6.07) is 4.93. The van der Waals surface area contributed by atoms with Gasteiger partial charge in [-0.2, -0.15) is 0 Å². The number of halogens is 2. The van der Waals surface area contributed by atoms with Gasteiger partial charge in [-0.1, -0.05) is 6.07 Å². The molecular formula is C16H24BrFN4O. The van der Waals surface area contributed by atoms with Crippen molar-refractivity contribution < 1.29 is 9.18 Å². The lowest BCUT2D eigenvalue weighted by Crippen LogP contribution is -2.48. The lowest BCUT2D eigenvalue weighted by atomic mass is 10.1. The third-order valence-corrected chi connectivity index (χ3v) is 3.45. The Labute approximate surface area is 145 Å². The van der Waals surface area contributed by atoms with Crippen LogP contribution in [0.25, 0.3) is 0 Å². The summed E-state index contributed by atoms with van der Waals surface area (Å²) in [4.78, 5) is 15.8. The van der Waals surface area contributed by atoms with E-state index in [1.54, 1.807) is 19.2 Å². The fraction of sp³-hybridized carbons (Fsp3) is 0.500. The van der Waals surface area contributed by atoms with Crippen molar-refractivity contribution in [2.45, 2.75) is 32.7 Å². The molecule has 0 unspecified atom stereocenters. The van der Waals surface area contributed by atoms with E-state index in [1.165, 1.54) is 6.07 Å². The highest BCUT2D eigenvalue weighted by Gasteiger charge is 2.13. The van der Waals surface area contributed by atoms with Gasteiger partial charge in [0.15, 0.2) is 5.96 Å². The summed E-state index contributed by atoms with van der Waals surface area (Å²) < 4.78 is 13.6. The molecule has 5 nitrogen and oxygen atoms in total. The van der Waals surface area contributed by atoms with Crippen LogP contribution in [-0.4, -0.2) is 37.5 Å². The van der Waals surface area contributed by atoms with Crippen LogP contribution in [0.2, 0.25) is 0 Å². The summed E-state index contributed by atoms with van der Waals surface area (Å²) in [5.74, 6) is 0.183. The Kier molecular flexibility index (Phi) is 7.48. The quantitative estimate of drug-likeness (QED) is 0.536. The Morgan fingerprint density at radius 1 is 1.30 bits per heavy atom. The number of hydrogen-bond donors (Lipinski definition) is 3. The average Bonchev–Trinajstić information content (AvgIpc) is 2.44. The largest absolute Gasteiger partial charge is 0.356 e. The summed E-state index contributed by atoms with van der Waals surface area (Å²) >= 11 is 3.17. The number of rotatable bonds is 5. The van der Waals surface area contributed by atoms with E-state index >= 15 is 0 Å². The van der Waals surface area contributed by atoms with Gasteiger partial charge in [0.25, 0.3) is 0 Å². The van der Waals surface area contributed by atoms with Gasteiger partial charge in [-0.15, -0.1) is 0 Å². The van der Waals surface area contributed by atoms with Crippen molar-refractivity contribution in [1.82, 2.24) is 16.0 Å². The maximum absolute atomic E-state index is 13.2. The molecule has 128 valence electrons. The van der Waals surface area contributed by atoms with Crippen molar-refractivity contribution in [2.24, 2.45) is 4.99 Å². The standard InChI is InChI=1S/C16H24BrFN4O/c1-16(2,3)22-14(23)10-21-15(19-4)20-8-7-11-5-6-13(18)12(17)9-11/h5-6,9H,7-8,10H2,1-4H3,(H,22,23)(H2,19,20,21). The first-order valence-corrected chi connectivity index (χ1v) is 8.20. The Balaban J connectivity index is 2.37. The van der Waals surface area contributed by atoms with E-state index in [-0.39, 0.29) is 23.8 Å². The second-order valence-electron chi connectivity index (χ2n) is 6.15. The van der Waals surface area contributed by atoms with Crippen molar-refractivity contribution in [3.8, 4) is 0 Å². The van der Waals surface area contributed by atoms with Crippen LogP contribution in [0.4, 0.5) is 4.39 Å². The van der Waals surface area contributed by atoms with Crippen molar-refractivity contribution in [3.05, 3.63) is 34.1 Å². The van der Waals surface area contributed by atoms with Crippen molar-refractivity contribution in [3.63, 3.8) is 0 Å². The van der Waals surface area contributed by atoms with Crippen LogP contribution in [0.1, 0.15) is 26.3 Å². The number of amides is 1. The zero-order valence-corrected chi connectivity index (χ0v) is 15.6. The number of benzene rings is 1. The van der Waals surface area contributed by atoms with Crippen molar-refractivity contribution in [1.29, 1.82) is 0 Å². The smallest absolute Gasteiger partial charge is 0.239 e. The van der Waals surface area contributed by atoms with Crippen LogP contribution in [0.3, 0.4) is 0 Å². The Hall–Kier alpha value is -1.63. The second kappa shape index (κ2) is 8.86. The van der Waals surface area contributed by atoms with E-state index in [2.05, 4.69) is 36.9 Å². The molecule has 0 aliphatic rings. The van der Waals surface area contributed by atoms with E-state index in [0.29, 0.717) is 23.4 Å². The summed E-state index contributed by atoms with van der Waals surface area (Å²) in [5.41, 5.74) is 0.748. The predicted molar refractivity (Wildman–Crippen MR) is 95.1 cm³/mol. The number of nitrogens with one attached hydrogen (secondary N) is 3. The molecule has 0 bridgehead atoms. The van der Waals surface area contributed by atoms with Crippen LogP contribution < -0.4 is 16.0 Å². The van der Waals surface area contributed by atoms with Gasteiger partial charge >= 0.3 is 0 Å². The van der Waals surface area contributed by atoms with Gasteiger partial charge < -0.3 is 16.0 Å². The SMILES string of the molecule is CN=C(NCCc1ccc(F)c(Br)c1)NCC(=O)NC(C)(C)C. The zero-order chi connectivity index (χ0) is 17.5. The number of nitrogens with zero attached hydrogens (tertiary/aromatic N) is 1. The Bertz CT molecular complexity index is 570. The molecule has 3 N–H and O–H groups in total. The Morgan fingerprint density at radius 2 is 2.00 bits per heavy atom. The van der Waals surface area contributed by atoms with Gasteiger partial charge in [0.05, 0.1) is 11.0 Å². The first kappa shape index (κ1) is 19.4. The molecule has 0 fully saturated rings. The van der Waals surface area contributed by atoms with Crippen LogP contribution in [0.5, 0.6) is 0 Å². The normalized spacial score (nSPS) is 12.0. The molecule has 0 radical (unpaired) electrons. The molecule has 1 rings (SSSR count). The van der Waals surface area contributed by atoms with Gasteiger partial charge in [-0.05, 0) is 60.8 Å². The lowest BCUT2D eigenvalue weighted by molar-refractivity contribution is -0.121. The summed E-state index contributed by atoms with van der Waals surface area (Å²) in [6.45, 7) is 6.56. The third kappa shape index (κ3) is 7.97. The number of guanidine groups is 1. The number of hydrogen-bond acceptors (Lipinski definition) is 2. The summed E-state index contributed by atoms with van der Waals surface area (Å²) in [5, 5.41) is 8.94. The molecule has 7 heteroatoms. The van der Waals surface area contributed by atoms with Gasteiger partial charge in [0.2, 0.25) is 5.91 Å². The molecule has 23 heavy (non-hydrogen) atoms. The van der Waals surface area contributed by atoms with E-state index < -0.39 is 0 Å². The van der Waals surface area contributed by atoms with Crippen molar-refractivity contribution >= 4 is 27.8 Å². The molecule has 0 aliphatic carbocycles. The van der Waals surface area contributed by atoms with E-state index in [0.717, 1.165) is 5.56 Å². The molecule has 0 spiro atoms.